The second-order valence-corrected chi connectivity index (χ2v) is 4.99. The van der Waals surface area contributed by atoms with Gasteiger partial charge in [-0.25, -0.2) is 0 Å². The highest BCUT2D eigenvalue weighted by Gasteiger charge is 2.25. The van der Waals surface area contributed by atoms with Crippen LogP contribution >= 0.6 is 15.9 Å². The summed E-state index contributed by atoms with van der Waals surface area (Å²) >= 11 is 3.23. The van der Waals surface area contributed by atoms with E-state index in [1.807, 2.05) is 0 Å². The number of hydrogen-bond acceptors (Lipinski definition) is 4. The lowest BCUT2D eigenvalue weighted by Crippen LogP contribution is -2.29. The summed E-state index contributed by atoms with van der Waals surface area (Å²) in [5.41, 5.74) is 0.796. The molecule has 1 aliphatic rings. The van der Waals surface area contributed by atoms with Gasteiger partial charge in [-0.1, -0.05) is 12.1 Å². The van der Waals surface area contributed by atoms with Crippen LogP contribution in [-0.2, 0) is 16.0 Å². The average Bonchev–Trinajstić information content (AvgIpc) is 2.34. The first-order valence-electron chi connectivity index (χ1n) is 5.62. The van der Waals surface area contributed by atoms with Gasteiger partial charge in [0.25, 0.3) is 5.69 Å². The molecule has 0 saturated carbocycles. The zero-order valence-corrected chi connectivity index (χ0v) is 11.2. The molecule has 1 saturated heterocycles. The summed E-state index contributed by atoms with van der Waals surface area (Å²) in [7, 11) is 0. The topological polar surface area (TPSA) is 69.4 Å². The van der Waals surface area contributed by atoms with Crippen molar-refractivity contribution in [2.45, 2.75) is 12.8 Å². The van der Waals surface area contributed by atoms with E-state index in [9.17, 15) is 14.9 Å². The van der Waals surface area contributed by atoms with Gasteiger partial charge in [0.1, 0.15) is 5.78 Å². The van der Waals surface area contributed by atoms with Crippen molar-refractivity contribution in [3.63, 3.8) is 0 Å². The predicted octanol–water partition coefficient (Wildman–Crippen LogP) is 2.51. The Balaban J connectivity index is 2.21. The van der Waals surface area contributed by atoms with Crippen molar-refractivity contribution in [2.24, 2.45) is 5.92 Å². The maximum atomic E-state index is 11.7. The highest BCUT2D eigenvalue weighted by Crippen LogP contribution is 2.30. The molecule has 0 N–H and O–H groups in total. The van der Waals surface area contributed by atoms with Crippen LogP contribution in [0.2, 0.25) is 0 Å². The van der Waals surface area contributed by atoms with Crippen molar-refractivity contribution in [2.75, 3.05) is 13.2 Å². The van der Waals surface area contributed by atoms with Gasteiger partial charge in [-0.15, -0.1) is 0 Å². The fourth-order valence-electron chi connectivity index (χ4n) is 2.00. The van der Waals surface area contributed by atoms with Gasteiger partial charge in [-0.05, 0) is 27.9 Å². The van der Waals surface area contributed by atoms with Crippen molar-refractivity contribution in [1.29, 1.82) is 0 Å². The Bertz CT molecular complexity index is 489. The van der Waals surface area contributed by atoms with Crippen LogP contribution in [0.3, 0.4) is 0 Å². The van der Waals surface area contributed by atoms with Crippen LogP contribution in [0.5, 0.6) is 0 Å². The second-order valence-electron chi connectivity index (χ2n) is 4.20. The molecule has 1 aliphatic heterocycles. The zero-order valence-electron chi connectivity index (χ0n) is 9.60. The van der Waals surface area contributed by atoms with E-state index in [1.165, 1.54) is 6.07 Å². The molecule has 1 atom stereocenters. The monoisotopic (exact) mass is 313 g/mol. The third kappa shape index (κ3) is 2.76. The van der Waals surface area contributed by atoms with Gasteiger partial charge in [0.15, 0.2) is 0 Å². The average molecular weight is 314 g/mol. The Labute approximate surface area is 112 Å². The molecule has 2 rings (SSSR count). The number of rotatable bonds is 3. The molecule has 0 aliphatic carbocycles. The Hall–Kier alpha value is -1.27. The third-order valence-electron chi connectivity index (χ3n) is 2.99. The number of carbonyl (C=O) groups excluding carboxylic acids is 1. The molecule has 0 bridgehead atoms. The molecule has 0 amide bonds. The molecule has 1 aromatic carbocycles. The summed E-state index contributed by atoms with van der Waals surface area (Å²) in [5.74, 6) is -0.0308. The van der Waals surface area contributed by atoms with Crippen LogP contribution < -0.4 is 0 Å². The summed E-state index contributed by atoms with van der Waals surface area (Å²) in [6.45, 7) is 0.874. The third-order valence-corrected chi connectivity index (χ3v) is 3.90. The smallest absolute Gasteiger partial charge is 0.283 e. The van der Waals surface area contributed by atoms with Gasteiger partial charge in [0.05, 0.1) is 22.6 Å². The fourth-order valence-corrected chi connectivity index (χ4v) is 2.57. The van der Waals surface area contributed by atoms with Gasteiger partial charge >= 0.3 is 0 Å². The number of hydrogen-bond donors (Lipinski definition) is 0. The van der Waals surface area contributed by atoms with Crippen molar-refractivity contribution in [3.05, 3.63) is 38.3 Å². The Morgan fingerprint density at radius 2 is 2.28 bits per heavy atom. The van der Waals surface area contributed by atoms with Crippen molar-refractivity contribution < 1.29 is 14.5 Å². The first-order valence-corrected chi connectivity index (χ1v) is 6.41. The first-order chi connectivity index (χ1) is 8.59. The highest BCUT2D eigenvalue weighted by atomic mass is 79.9. The summed E-state index contributed by atoms with van der Waals surface area (Å²) in [5, 5.41) is 10.8. The number of nitro groups is 1. The molecule has 6 heteroatoms. The van der Waals surface area contributed by atoms with E-state index >= 15 is 0 Å². The molecular weight excluding hydrogens is 302 g/mol. The molecule has 0 aromatic heterocycles. The minimum absolute atomic E-state index is 0.0247. The van der Waals surface area contributed by atoms with Gasteiger partial charge in [0.2, 0.25) is 0 Å². The minimum Gasteiger partial charge on any atom is -0.380 e. The predicted molar refractivity (Wildman–Crippen MR) is 68.4 cm³/mol. The lowest BCUT2D eigenvalue weighted by Gasteiger charge is -2.21. The molecule has 0 spiro atoms. The minimum atomic E-state index is -0.438. The largest absolute Gasteiger partial charge is 0.380 e. The maximum absolute atomic E-state index is 11.7. The van der Waals surface area contributed by atoms with Gasteiger partial charge in [0, 0.05) is 18.4 Å². The summed E-state index contributed by atoms with van der Waals surface area (Å²) in [6.07, 6.45) is 0.901. The number of nitro benzene ring substituents is 1. The maximum Gasteiger partial charge on any atom is 0.283 e. The van der Waals surface area contributed by atoms with E-state index in [0.717, 1.165) is 5.56 Å². The molecule has 1 aromatic rings. The van der Waals surface area contributed by atoms with Crippen LogP contribution in [0, 0.1) is 16.0 Å². The number of halogens is 1. The number of Topliss-reactive ketones (excluding diaryl/α,β-unsaturated/α-hetero) is 1. The van der Waals surface area contributed by atoms with E-state index in [1.54, 1.807) is 12.1 Å². The SMILES string of the molecule is O=C1CCOCC1Cc1cccc([N+](=O)[O-])c1Br. The zero-order chi connectivity index (χ0) is 13.1. The number of ether oxygens (including phenoxy) is 1. The summed E-state index contributed by atoms with van der Waals surface area (Å²) in [6, 6.07) is 4.86. The molecule has 96 valence electrons. The van der Waals surface area contributed by atoms with Crippen molar-refractivity contribution in [1.82, 2.24) is 0 Å². The molecule has 0 radical (unpaired) electrons. The lowest BCUT2D eigenvalue weighted by molar-refractivity contribution is -0.385. The van der Waals surface area contributed by atoms with Crippen LogP contribution in [-0.4, -0.2) is 23.9 Å². The van der Waals surface area contributed by atoms with E-state index in [2.05, 4.69) is 15.9 Å². The fraction of sp³-hybridized carbons (Fsp3) is 0.417. The van der Waals surface area contributed by atoms with Crippen LogP contribution in [0.25, 0.3) is 0 Å². The lowest BCUT2D eigenvalue weighted by atomic mass is 9.93. The van der Waals surface area contributed by atoms with E-state index in [0.29, 0.717) is 30.5 Å². The van der Waals surface area contributed by atoms with E-state index in [-0.39, 0.29) is 17.4 Å². The van der Waals surface area contributed by atoms with Gasteiger partial charge in [-0.3, -0.25) is 14.9 Å². The number of ketones is 1. The second kappa shape index (κ2) is 5.58. The summed E-state index contributed by atoms with van der Waals surface area (Å²) < 4.78 is 5.72. The van der Waals surface area contributed by atoms with Gasteiger partial charge < -0.3 is 4.74 Å². The Morgan fingerprint density at radius 1 is 1.50 bits per heavy atom. The van der Waals surface area contributed by atoms with Crippen molar-refractivity contribution >= 4 is 27.4 Å². The molecule has 18 heavy (non-hydrogen) atoms. The molecule has 1 heterocycles. The summed E-state index contributed by atoms with van der Waals surface area (Å²) in [4.78, 5) is 22.1. The number of carbonyl (C=O) groups is 1. The van der Waals surface area contributed by atoms with Crippen LogP contribution in [0.4, 0.5) is 5.69 Å². The van der Waals surface area contributed by atoms with E-state index < -0.39 is 4.92 Å². The molecule has 1 unspecified atom stereocenters. The normalized spacial score (nSPS) is 19.8. The van der Waals surface area contributed by atoms with Gasteiger partial charge in [-0.2, -0.15) is 0 Å². The molecule has 1 fully saturated rings. The Kier molecular flexibility index (Phi) is 4.08. The highest BCUT2D eigenvalue weighted by molar-refractivity contribution is 9.10. The standard InChI is InChI=1S/C12H12BrNO4/c13-12-8(2-1-3-10(12)14(16)17)6-9-7-18-5-4-11(9)15/h1-3,9H,4-7H2. The van der Waals surface area contributed by atoms with Crippen LogP contribution in [0.1, 0.15) is 12.0 Å². The first kappa shape index (κ1) is 13.2. The molecular formula is C12H12BrNO4. The van der Waals surface area contributed by atoms with E-state index in [4.69, 9.17) is 4.74 Å². The number of benzene rings is 1. The molecule has 5 nitrogen and oxygen atoms in total. The van der Waals surface area contributed by atoms with Crippen LogP contribution in [0.15, 0.2) is 22.7 Å². The Morgan fingerprint density at radius 3 is 2.94 bits per heavy atom. The quantitative estimate of drug-likeness (QED) is 0.635. The number of nitrogens with zero attached hydrogens (tertiary/aromatic N) is 1. The van der Waals surface area contributed by atoms with Crippen molar-refractivity contribution in [3.8, 4) is 0 Å².